The second-order valence-electron chi connectivity index (χ2n) is 19.5. The number of nitrogens with zero attached hydrogens (tertiary/aromatic N) is 9. The second-order valence-corrected chi connectivity index (χ2v) is 22.3. The molecule has 3 fully saturated rings. The zero-order chi connectivity index (χ0) is 51.1. The fraction of sp³-hybridized carbons (Fsp3) is 0.400. The van der Waals surface area contributed by atoms with E-state index in [1.54, 1.807) is 58.5 Å². The van der Waals surface area contributed by atoms with Crippen LogP contribution in [0.4, 0.5) is 46.3 Å². The van der Waals surface area contributed by atoms with Gasteiger partial charge in [-0.3, -0.25) is 4.90 Å². The number of benzene rings is 4. The van der Waals surface area contributed by atoms with E-state index in [9.17, 15) is 8.42 Å². The third-order valence-corrected chi connectivity index (χ3v) is 16.8. The minimum Gasteiger partial charge on any atom is -0.494 e. The molecule has 6 aromatic rings. The monoisotopic (exact) mass is 1030 g/mol. The van der Waals surface area contributed by atoms with Gasteiger partial charge >= 0.3 is 0 Å². The summed E-state index contributed by atoms with van der Waals surface area (Å²) in [5, 5.41) is 9.58. The maximum atomic E-state index is 12.8. The Kier molecular flexibility index (Phi) is 16.3. The summed E-state index contributed by atoms with van der Waals surface area (Å²) in [6.07, 6.45) is 10.9. The van der Waals surface area contributed by atoms with E-state index in [1.807, 2.05) is 24.3 Å². The van der Waals surface area contributed by atoms with Crippen LogP contribution in [0.1, 0.15) is 63.3 Å². The number of fused-ring (bicyclic) bond motifs is 1. The Bertz CT molecular complexity index is 3010. The van der Waals surface area contributed by atoms with Crippen molar-refractivity contribution in [2.75, 3.05) is 99.4 Å². The number of anilines is 8. The number of piperazine rings is 1. The number of likely N-dealkylation sites (N-methyl/N-ethyl adjacent to an activating group) is 1. The van der Waals surface area contributed by atoms with Crippen molar-refractivity contribution < 1.29 is 17.9 Å². The van der Waals surface area contributed by atoms with Crippen LogP contribution in [0.15, 0.2) is 108 Å². The number of sulfone groups is 1. The molecule has 10 rings (SSSR count). The van der Waals surface area contributed by atoms with Gasteiger partial charge in [-0.05, 0) is 106 Å². The quantitative estimate of drug-likeness (QED) is 0.0943. The van der Waals surface area contributed by atoms with E-state index in [-0.39, 0.29) is 10.8 Å². The predicted molar refractivity (Wildman–Crippen MR) is 294 cm³/mol. The highest BCUT2D eigenvalue weighted by Gasteiger charge is 2.28. The molecule has 4 aromatic carbocycles. The van der Waals surface area contributed by atoms with Gasteiger partial charge in [-0.15, -0.1) is 0 Å². The predicted octanol–water partition coefficient (Wildman–Crippen LogP) is 9.87. The van der Waals surface area contributed by atoms with Crippen molar-refractivity contribution in [3.63, 3.8) is 0 Å². The molecule has 384 valence electrons. The summed E-state index contributed by atoms with van der Waals surface area (Å²) in [5.74, 6) is 3.29. The van der Waals surface area contributed by atoms with E-state index in [0.29, 0.717) is 34.4 Å². The molecule has 0 bridgehead atoms. The SMILES string of the molecule is COc1cc(N2CCC(C)CC2)ccc1Nc1ncc(Cl)c(C2=CCc3ccccc32)n1.COc1cc(N2CCC(N3CCN(C)CC3)CC2)ccc1Nc1ncnc(Nc2ccccc2S(=O)(=O)C(C)C)n1. The molecule has 2 aromatic heterocycles. The highest BCUT2D eigenvalue weighted by molar-refractivity contribution is 7.92. The summed E-state index contributed by atoms with van der Waals surface area (Å²) in [6, 6.07) is 28.1. The van der Waals surface area contributed by atoms with Crippen molar-refractivity contribution in [3.05, 3.63) is 125 Å². The summed E-state index contributed by atoms with van der Waals surface area (Å²) in [4.78, 5) is 32.2. The van der Waals surface area contributed by atoms with E-state index in [1.165, 1.54) is 36.0 Å². The molecule has 0 atom stereocenters. The fourth-order valence-corrected chi connectivity index (χ4v) is 11.3. The van der Waals surface area contributed by atoms with E-state index in [4.69, 9.17) is 26.1 Å². The number of para-hydroxylation sites is 1. The molecule has 0 amide bonds. The van der Waals surface area contributed by atoms with Gasteiger partial charge in [0.05, 0.1) is 58.3 Å². The average Bonchev–Trinajstić information content (AvgIpc) is 3.84. The van der Waals surface area contributed by atoms with E-state index >= 15 is 0 Å². The molecule has 0 unspecified atom stereocenters. The maximum Gasteiger partial charge on any atom is 0.232 e. The van der Waals surface area contributed by atoms with Gasteiger partial charge in [-0.25, -0.2) is 28.4 Å². The lowest BCUT2D eigenvalue weighted by Gasteiger charge is -2.42. The third kappa shape index (κ3) is 12.1. The van der Waals surface area contributed by atoms with Crippen LogP contribution in [0.5, 0.6) is 11.5 Å². The molecule has 4 aliphatic rings. The molecular weight excluding hydrogens is 960 g/mol. The van der Waals surface area contributed by atoms with Crippen molar-refractivity contribution >= 4 is 73.3 Å². The number of hydrogen-bond donors (Lipinski definition) is 3. The van der Waals surface area contributed by atoms with Gasteiger partial charge in [0.15, 0.2) is 9.84 Å². The first-order valence-electron chi connectivity index (χ1n) is 25.3. The first kappa shape index (κ1) is 51.4. The van der Waals surface area contributed by atoms with E-state index < -0.39 is 15.1 Å². The smallest absolute Gasteiger partial charge is 0.232 e. The Balaban J connectivity index is 0.000000185. The van der Waals surface area contributed by atoms with Gasteiger partial charge < -0.3 is 40.1 Å². The standard InChI is InChI=1S/C29H40N8O3S.C26H27ClN4O/c1-21(2)41(38,39)27-8-6-5-7-25(27)33-29-31-20-30-28(34-29)32-24-10-9-23(19-26(24)40-4)36-13-11-22(12-14-36)37-17-15-35(3)16-18-37;1-17-11-13-31(14-12-17)19-8-10-23(24(15-19)32-2)29-26-28-16-22(27)25(30-26)21-9-7-18-5-3-4-6-20(18)21/h5-10,19-22H,11-18H2,1-4H3,(H2,30,31,32,33,34);3-6,8-10,15-17H,7,11-14H2,1-2H3,(H,28,29,30). The summed E-state index contributed by atoms with van der Waals surface area (Å²) >= 11 is 6.50. The first-order valence-corrected chi connectivity index (χ1v) is 27.2. The molecule has 0 spiro atoms. The molecule has 3 N–H and O–H groups in total. The van der Waals surface area contributed by atoms with Crippen LogP contribution >= 0.6 is 11.6 Å². The van der Waals surface area contributed by atoms with Gasteiger partial charge in [0.25, 0.3) is 0 Å². The Morgan fingerprint density at radius 3 is 1.85 bits per heavy atom. The lowest BCUT2D eigenvalue weighted by atomic mass is 9.99. The van der Waals surface area contributed by atoms with Gasteiger partial charge in [0, 0.05) is 87.5 Å². The van der Waals surface area contributed by atoms with Crippen LogP contribution in [0.3, 0.4) is 0 Å². The normalized spacial score (nSPS) is 16.8. The topological polar surface area (TPSA) is 166 Å². The lowest BCUT2D eigenvalue weighted by Crippen LogP contribution is -2.52. The van der Waals surface area contributed by atoms with Crippen LogP contribution < -0.4 is 35.2 Å². The minimum absolute atomic E-state index is 0.203. The zero-order valence-electron chi connectivity index (χ0n) is 42.7. The Morgan fingerprint density at radius 1 is 0.671 bits per heavy atom. The number of hydrogen-bond acceptors (Lipinski definition) is 16. The molecule has 0 saturated carbocycles. The van der Waals surface area contributed by atoms with Crippen LogP contribution in [0, 0.1) is 5.92 Å². The highest BCUT2D eigenvalue weighted by Crippen LogP contribution is 2.38. The maximum absolute atomic E-state index is 12.8. The largest absolute Gasteiger partial charge is 0.494 e. The van der Waals surface area contributed by atoms with Gasteiger partial charge in [0.1, 0.15) is 17.8 Å². The van der Waals surface area contributed by atoms with Crippen molar-refractivity contribution in [3.8, 4) is 11.5 Å². The molecule has 3 aliphatic heterocycles. The Hall–Kier alpha value is -6.53. The third-order valence-electron chi connectivity index (χ3n) is 14.4. The van der Waals surface area contributed by atoms with Crippen LogP contribution in [-0.2, 0) is 16.3 Å². The highest BCUT2D eigenvalue weighted by atomic mass is 35.5. The van der Waals surface area contributed by atoms with Crippen LogP contribution in [0.2, 0.25) is 5.02 Å². The number of nitrogens with one attached hydrogen (secondary N) is 3. The summed E-state index contributed by atoms with van der Waals surface area (Å²) < 4.78 is 37.1. The van der Waals surface area contributed by atoms with Crippen molar-refractivity contribution in [1.82, 2.24) is 34.7 Å². The Morgan fingerprint density at radius 2 is 1.23 bits per heavy atom. The molecule has 16 nitrogen and oxygen atoms in total. The van der Waals surface area contributed by atoms with Gasteiger partial charge in [0.2, 0.25) is 17.8 Å². The first-order chi connectivity index (χ1) is 35.4. The number of halogens is 1. The van der Waals surface area contributed by atoms with Crippen LogP contribution in [-0.4, -0.2) is 128 Å². The van der Waals surface area contributed by atoms with E-state index in [2.05, 4.69) is 112 Å². The summed E-state index contributed by atoms with van der Waals surface area (Å²) in [5.41, 5.74) is 8.54. The van der Waals surface area contributed by atoms with Gasteiger partial charge in [-0.1, -0.05) is 61.0 Å². The number of allylic oxidation sites excluding steroid dienone is 1. The lowest BCUT2D eigenvalue weighted by molar-refractivity contribution is 0.0982. The molecule has 3 saturated heterocycles. The van der Waals surface area contributed by atoms with Crippen molar-refractivity contribution in [2.45, 2.75) is 69.1 Å². The summed E-state index contributed by atoms with van der Waals surface area (Å²) in [7, 11) is 2.05. The second kappa shape index (κ2) is 23.1. The average molecular weight is 1030 g/mol. The zero-order valence-corrected chi connectivity index (χ0v) is 44.3. The summed E-state index contributed by atoms with van der Waals surface area (Å²) in [6.45, 7) is 14.5. The molecular formula is C55H67ClN12O4S. The molecule has 73 heavy (non-hydrogen) atoms. The fourth-order valence-electron chi connectivity index (χ4n) is 9.88. The number of piperidine rings is 2. The van der Waals surface area contributed by atoms with E-state index in [0.717, 1.165) is 112 Å². The molecule has 0 radical (unpaired) electrons. The van der Waals surface area contributed by atoms with Crippen molar-refractivity contribution in [1.29, 1.82) is 0 Å². The molecule has 18 heteroatoms. The molecule has 5 heterocycles. The van der Waals surface area contributed by atoms with Crippen molar-refractivity contribution in [2.24, 2.45) is 5.92 Å². The minimum atomic E-state index is -3.49. The number of rotatable bonds is 14. The number of ether oxygens (including phenoxy) is 2. The number of methoxy groups -OCH3 is 2. The van der Waals surface area contributed by atoms with Crippen LogP contribution in [0.25, 0.3) is 5.57 Å². The molecule has 1 aliphatic carbocycles. The number of aromatic nitrogens is 5. The van der Waals surface area contributed by atoms with Gasteiger partial charge in [-0.2, -0.15) is 4.98 Å². The Labute approximate surface area is 435 Å².